The van der Waals surface area contributed by atoms with Gasteiger partial charge in [-0.3, -0.25) is 9.79 Å². The van der Waals surface area contributed by atoms with Gasteiger partial charge in [0.1, 0.15) is 11.8 Å². The SMILES string of the molecule is CN=C(NCCCN1C(=O)COc2ccccc21)NC1CCCN(c2ccccc2C#N)C1.I. The van der Waals surface area contributed by atoms with Crippen LogP contribution in [0.1, 0.15) is 24.8 Å². The molecule has 0 bridgehead atoms. The summed E-state index contributed by atoms with van der Waals surface area (Å²) < 4.78 is 5.51. The van der Waals surface area contributed by atoms with Crippen molar-refractivity contribution in [3.05, 3.63) is 54.1 Å². The lowest BCUT2D eigenvalue weighted by Gasteiger charge is -2.35. The molecule has 0 aliphatic carbocycles. The molecule has 0 radical (unpaired) electrons. The highest BCUT2D eigenvalue weighted by molar-refractivity contribution is 14.0. The molecule has 2 aliphatic heterocycles. The van der Waals surface area contributed by atoms with Gasteiger partial charge in [0.05, 0.1) is 16.9 Å². The van der Waals surface area contributed by atoms with Crippen LogP contribution in [-0.4, -0.2) is 57.7 Å². The molecular weight excluding hydrogens is 543 g/mol. The van der Waals surface area contributed by atoms with Crippen LogP contribution in [0.25, 0.3) is 0 Å². The normalized spacial score (nSPS) is 17.7. The highest BCUT2D eigenvalue weighted by Gasteiger charge is 2.25. The van der Waals surface area contributed by atoms with Gasteiger partial charge in [0.2, 0.25) is 0 Å². The molecule has 9 heteroatoms. The fraction of sp³-hybridized carbons (Fsp3) is 0.400. The molecule has 4 rings (SSSR count). The maximum absolute atomic E-state index is 12.3. The summed E-state index contributed by atoms with van der Waals surface area (Å²) in [4.78, 5) is 20.8. The van der Waals surface area contributed by atoms with Crippen molar-refractivity contribution in [1.29, 1.82) is 5.26 Å². The van der Waals surface area contributed by atoms with Crippen LogP contribution in [0.4, 0.5) is 11.4 Å². The maximum Gasteiger partial charge on any atom is 0.265 e. The van der Waals surface area contributed by atoms with Gasteiger partial charge < -0.3 is 25.2 Å². The van der Waals surface area contributed by atoms with Crippen molar-refractivity contribution in [2.45, 2.75) is 25.3 Å². The van der Waals surface area contributed by atoms with Crippen LogP contribution in [-0.2, 0) is 4.79 Å². The largest absolute Gasteiger partial charge is 0.482 e. The first-order chi connectivity index (χ1) is 16.2. The molecule has 2 aliphatic rings. The number of anilines is 2. The van der Waals surface area contributed by atoms with E-state index in [0.717, 1.165) is 55.4 Å². The van der Waals surface area contributed by atoms with E-state index in [2.05, 4.69) is 26.6 Å². The molecule has 0 spiro atoms. The zero-order chi connectivity index (χ0) is 23.0. The van der Waals surface area contributed by atoms with Gasteiger partial charge in [0, 0.05) is 39.3 Å². The molecule has 1 fully saturated rings. The summed E-state index contributed by atoms with van der Waals surface area (Å²) in [5.41, 5.74) is 2.53. The predicted octanol–water partition coefficient (Wildman–Crippen LogP) is 3.13. The topological polar surface area (TPSA) is 93.0 Å². The van der Waals surface area contributed by atoms with Crippen molar-refractivity contribution in [2.75, 3.05) is 49.6 Å². The number of ether oxygens (including phenoxy) is 1. The van der Waals surface area contributed by atoms with Crippen LogP contribution in [0, 0.1) is 11.3 Å². The van der Waals surface area contributed by atoms with E-state index in [1.807, 2.05) is 48.5 Å². The van der Waals surface area contributed by atoms with Crippen molar-refractivity contribution < 1.29 is 9.53 Å². The Morgan fingerprint density at radius 1 is 1.21 bits per heavy atom. The highest BCUT2D eigenvalue weighted by Crippen LogP contribution is 2.31. The first kappa shape index (κ1) is 25.6. The zero-order valence-corrected chi connectivity index (χ0v) is 21.7. The minimum Gasteiger partial charge on any atom is -0.482 e. The van der Waals surface area contributed by atoms with Gasteiger partial charge in [0.15, 0.2) is 12.6 Å². The minimum atomic E-state index is -0.0174. The molecular formula is C25H31IN6O2. The number of piperidine rings is 1. The number of nitrogens with zero attached hydrogens (tertiary/aromatic N) is 4. The zero-order valence-electron chi connectivity index (χ0n) is 19.4. The van der Waals surface area contributed by atoms with E-state index >= 15 is 0 Å². The molecule has 2 aromatic carbocycles. The van der Waals surface area contributed by atoms with Crippen molar-refractivity contribution in [3.63, 3.8) is 0 Å². The second-order valence-electron chi connectivity index (χ2n) is 8.21. The number of carbonyl (C=O) groups excluding carboxylic acids is 1. The Labute approximate surface area is 218 Å². The van der Waals surface area contributed by atoms with E-state index < -0.39 is 0 Å². The van der Waals surface area contributed by atoms with Crippen LogP contribution in [0.3, 0.4) is 0 Å². The fourth-order valence-corrected chi connectivity index (χ4v) is 4.39. The van der Waals surface area contributed by atoms with Crippen LogP contribution >= 0.6 is 24.0 Å². The number of para-hydroxylation sites is 3. The number of amides is 1. The first-order valence-corrected chi connectivity index (χ1v) is 11.4. The predicted molar refractivity (Wildman–Crippen MR) is 145 cm³/mol. The lowest BCUT2D eigenvalue weighted by Crippen LogP contribution is -2.51. The fourth-order valence-electron chi connectivity index (χ4n) is 4.39. The number of nitriles is 1. The summed E-state index contributed by atoms with van der Waals surface area (Å²) in [7, 11) is 1.77. The first-order valence-electron chi connectivity index (χ1n) is 11.4. The van der Waals surface area contributed by atoms with E-state index in [9.17, 15) is 10.1 Å². The molecule has 1 amide bonds. The third kappa shape index (κ3) is 6.11. The summed E-state index contributed by atoms with van der Waals surface area (Å²) in [6.45, 7) is 3.16. The van der Waals surface area contributed by atoms with Gasteiger partial charge in [-0.15, -0.1) is 24.0 Å². The molecule has 2 heterocycles. The monoisotopic (exact) mass is 574 g/mol. The average Bonchev–Trinajstić information content (AvgIpc) is 2.87. The number of carbonyl (C=O) groups is 1. The maximum atomic E-state index is 12.3. The number of hydrogen-bond acceptors (Lipinski definition) is 5. The van der Waals surface area contributed by atoms with E-state index in [-0.39, 0.29) is 42.5 Å². The third-order valence-corrected chi connectivity index (χ3v) is 6.01. The third-order valence-electron chi connectivity index (χ3n) is 6.01. The molecule has 1 atom stereocenters. The van der Waals surface area contributed by atoms with E-state index in [1.54, 1.807) is 11.9 Å². The van der Waals surface area contributed by atoms with Gasteiger partial charge in [-0.2, -0.15) is 5.26 Å². The molecule has 2 N–H and O–H groups in total. The Bertz CT molecular complexity index is 1050. The van der Waals surface area contributed by atoms with Gasteiger partial charge >= 0.3 is 0 Å². The number of benzene rings is 2. The molecule has 1 unspecified atom stereocenters. The second kappa shape index (κ2) is 12.5. The van der Waals surface area contributed by atoms with Crippen molar-refractivity contribution in [1.82, 2.24) is 10.6 Å². The molecule has 2 aromatic rings. The number of rotatable bonds is 6. The number of fused-ring (bicyclic) bond motifs is 1. The smallest absolute Gasteiger partial charge is 0.265 e. The highest BCUT2D eigenvalue weighted by atomic mass is 127. The molecule has 1 saturated heterocycles. The van der Waals surface area contributed by atoms with E-state index in [1.165, 1.54) is 0 Å². The number of hydrogen-bond donors (Lipinski definition) is 2. The summed E-state index contributed by atoms with van der Waals surface area (Å²) in [6.07, 6.45) is 2.88. The van der Waals surface area contributed by atoms with Crippen LogP contribution in [0.2, 0.25) is 0 Å². The molecule has 0 saturated carbocycles. The number of nitrogens with one attached hydrogen (secondary N) is 2. The average molecular weight is 574 g/mol. The minimum absolute atomic E-state index is 0. The van der Waals surface area contributed by atoms with Crippen molar-refractivity contribution in [3.8, 4) is 11.8 Å². The molecule has 8 nitrogen and oxygen atoms in total. The molecule has 180 valence electrons. The molecule has 0 aromatic heterocycles. The Kier molecular flexibility index (Phi) is 9.39. The number of halogens is 1. The standard InChI is InChI=1S/C25H30N6O2.HI/c1-27-25(28-13-7-15-31-22-11-4-5-12-23(22)33-18-24(31)32)29-20-9-6-14-30(17-20)21-10-3-2-8-19(21)16-26;/h2-5,8,10-12,20H,6-7,9,13-15,17-18H2,1H3,(H2,27,28,29);1H. The van der Waals surface area contributed by atoms with Gasteiger partial charge in [-0.1, -0.05) is 24.3 Å². The van der Waals surface area contributed by atoms with Crippen LogP contribution in [0.5, 0.6) is 5.75 Å². The quantitative estimate of drug-likeness (QED) is 0.239. The van der Waals surface area contributed by atoms with Crippen molar-refractivity contribution >= 4 is 47.2 Å². The molecule has 34 heavy (non-hydrogen) atoms. The van der Waals surface area contributed by atoms with E-state index in [4.69, 9.17) is 4.74 Å². The Morgan fingerprint density at radius 3 is 2.76 bits per heavy atom. The summed E-state index contributed by atoms with van der Waals surface area (Å²) in [5, 5.41) is 16.3. The van der Waals surface area contributed by atoms with Gasteiger partial charge in [-0.25, -0.2) is 0 Å². The summed E-state index contributed by atoms with van der Waals surface area (Å²) in [5.74, 6) is 1.49. The van der Waals surface area contributed by atoms with Gasteiger partial charge in [-0.05, 0) is 43.5 Å². The number of guanidine groups is 1. The second-order valence-corrected chi connectivity index (χ2v) is 8.21. The lowest BCUT2D eigenvalue weighted by molar-refractivity contribution is -0.121. The van der Waals surface area contributed by atoms with E-state index in [0.29, 0.717) is 18.7 Å². The van der Waals surface area contributed by atoms with Crippen LogP contribution < -0.4 is 25.2 Å². The Hall–Kier alpha value is -3.00. The van der Waals surface area contributed by atoms with Crippen LogP contribution in [0.15, 0.2) is 53.5 Å². The van der Waals surface area contributed by atoms with Gasteiger partial charge in [0.25, 0.3) is 5.91 Å². The Balaban J connectivity index is 0.00000324. The Morgan fingerprint density at radius 2 is 1.97 bits per heavy atom. The lowest BCUT2D eigenvalue weighted by atomic mass is 10.0. The summed E-state index contributed by atoms with van der Waals surface area (Å²) >= 11 is 0. The summed E-state index contributed by atoms with van der Waals surface area (Å²) in [6, 6.07) is 17.9. The number of aliphatic imine (C=N–C) groups is 1. The van der Waals surface area contributed by atoms with Crippen molar-refractivity contribution in [2.24, 2.45) is 4.99 Å².